The van der Waals surface area contributed by atoms with Gasteiger partial charge in [-0.1, -0.05) is 74.1 Å². The largest absolute Gasteiger partial charge is 0.416 e. The smallest absolute Gasteiger partial charge is 0.200 e. The Morgan fingerprint density at radius 1 is 0.722 bits per heavy atom. The van der Waals surface area contributed by atoms with E-state index in [0.717, 1.165) is 6.61 Å². The van der Waals surface area contributed by atoms with Crippen molar-refractivity contribution in [3.05, 3.63) is 0 Å². The number of unbranched alkanes of at least 4 members (excludes halogenated alkanes) is 4. The molecule has 0 aliphatic rings. The van der Waals surface area contributed by atoms with Crippen molar-refractivity contribution in [1.29, 1.82) is 0 Å². The minimum atomic E-state index is -1.60. The maximum atomic E-state index is 6.53. The molecule has 0 unspecified atom stereocenters. The summed E-state index contributed by atoms with van der Waals surface area (Å²) < 4.78 is 6.53. The van der Waals surface area contributed by atoms with Gasteiger partial charge in [0.25, 0.3) is 0 Å². The van der Waals surface area contributed by atoms with Crippen LogP contribution in [0.5, 0.6) is 0 Å². The highest BCUT2D eigenvalue weighted by Crippen LogP contribution is 2.42. The summed E-state index contributed by atoms with van der Waals surface area (Å²) >= 11 is 0. The van der Waals surface area contributed by atoms with Gasteiger partial charge in [-0.2, -0.15) is 0 Å². The third-order valence-electron chi connectivity index (χ3n) is 4.31. The van der Waals surface area contributed by atoms with E-state index in [2.05, 4.69) is 48.5 Å². The van der Waals surface area contributed by atoms with Crippen LogP contribution in [0.25, 0.3) is 0 Å². The van der Waals surface area contributed by atoms with Crippen LogP contribution in [0.15, 0.2) is 0 Å². The molecule has 0 aromatic carbocycles. The molecule has 0 aromatic heterocycles. The van der Waals surface area contributed by atoms with Crippen molar-refractivity contribution >= 4 is 8.32 Å². The Bertz CT molecular complexity index is 177. The summed E-state index contributed by atoms with van der Waals surface area (Å²) in [6.07, 6.45) is 6.66. The van der Waals surface area contributed by atoms with E-state index in [4.69, 9.17) is 4.43 Å². The summed E-state index contributed by atoms with van der Waals surface area (Å²) in [5, 5.41) is 0. The van der Waals surface area contributed by atoms with Gasteiger partial charge in [0, 0.05) is 6.61 Å². The van der Waals surface area contributed by atoms with Crippen molar-refractivity contribution < 1.29 is 4.43 Å². The van der Waals surface area contributed by atoms with E-state index in [1.165, 1.54) is 32.1 Å². The van der Waals surface area contributed by atoms with Crippen LogP contribution in [0.1, 0.15) is 80.6 Å². The van der Waals surface area contributed by atoms with Crippen LogP contribution in [0.2, 0.25) is 16.6 Å². The molecule has 0 aliphatic carbocycles. The highest BCUT2D eigenvalue weighted by molar-refractivity contribution is 6.77. The van der Waals surface area contributed by atoms with Crippen molar-refractivity contribution in [2.24, 2.45) is 0 Å². The molecule has 0 N–H and O–H groups in total. The summed E-state index contributed by atoms with van der Waals surface area (Å²) in [5.74, 6) is 0. The highest BCUT2D eigenvalue weighted by Gasteiger charge is 2.44. The molecule has 0 bridgehead atoms. The van der Waals surface area contributed by atoms with E-state index < -0.39 is 8.32 Å². The fourth-order valence-corrected chi connectivity index (χ4v) is 8.95. The van der Waals surface area contributed by atoms with Gasteiger partial charge in [-0.3, -0.25) is 0 Å². The minimum Gasteiger partial charge on any atom is -0.416 e. The first-order valence-electron chi connectivity index (χ1n) is 8.03. The van der Waals surface area contributed by atoms with Crippen molar-refractivity contribution in [2.75, 3.05) is 6.61 Å². The van der Waals surface area contributed by atoms with Gasteiger partial charge < -0.3 is 4.43 Å². The quantitative estimate of drug-likeness (QED) is 0.342. The first-order chi connectivity index (χ1) is 8.39. The zero-order valence-corrected chi connectivity index (χ0v) is 14.9. The molecule has 18 heavy (non-hydrogen) atoms. The normalized spacial score (nSPS) is 13.0. The van der Waals surface area contributed by atoms with Gasteiger partial charge in [0.2, 0.25) is 0 Å². The van der Waals surface area contributed by atoms with Crippen molar-refractivity contribution in [2.45, 2.75) is 97.2 Å². The van der Waals surface area contributed by atoms with Crippen LogP contribution in [0, 0.1) is 0 Å². The molecule has 0 radical (unpaired) electrons. The first kappa shape index (κ1) is 18.2. The average Bonchev–Trinajstić information content (AvgIpc) is 2.26. The second-order valence-electron chi connectivity index (χ2n) is 6.58. The van der Waals surface area contributed by atoms with Crippen LogP contribution in [-0.4, -0.2) is 14.9 Å². The van der Waals surface area contributed by atoms with E-state index in [-0.39, 0.29) is 0 Å². The van der Waals surface area contributed by atoms with Crippen LogP contribution in [0.3, 0.4) is 0 Å². The molecule has 0 aromatic rings. The summed E-state index contributed by atoms with van der Waals surface area (Å²) in [6, 6.07) is 0. The monoisotopic (exact) mass is 272 g/mol. The molecule has 2 heteroatoms. The Labute approximate surface area is 117 Å². The lowest BCUT2D eigenvalue weighted by Gasteiger charge is -2.42. The topological polar surface area (TPSA) is 9.23 Å². The minimum absolute atomic E-state index is 0.716. The van der Waals surface area contributed by atoms with E-state index in [0.29, 0.717) is 16.6 Å². The van der Waals surface area contributed by atoms with E-state index in [1.807, 2.05) is 0 Å². The molecule has 0 amide bonds. The Morgan fingerprint density at radius 2 is 1.17 bits per heavy atom. The Balaban J connectivity index is 4.26. The van der Waals surface area contributed by atoms with Crippen LogP contribution >= 0.6 is 0 Å². The second-order valence-corrected chi connectivity index (χ2v) is 12.0. The number of hydrogen-bond donors (Lipinski definition) is 0. The van der Waals surface area contributed by atoms with Crippen LogP contribution in [0.4, 0.5) is 0 Å². The molecule has 0 aliphatic heterocycles. The number of rotatable bonds is 10. The second kappa shape index (κ2) is 9.14. The summed E-state index contributed by atoms with van der Waals surface area (Å²) in [4.78, 5) is 0. The predicted octanol–water partition coefficient (Wildman–Crippen LogP) is 6.15. The Kier molecular flexibility index (Phi) is 9.23. The lowest BCUT2D eigenvalue weighted by atomic mass is 10.2. The van der Waals surface area contributed by atoms with Gasteiger partial charge in [0.15, 0.2) is 8.32 Å². The molecule has 0 fully saturated rings. The highest BCUT2D eigenvalue weighted by atomic mass is 28.4. The maximum Gasteiger partial charge on any atom is 0.200 e. The van der Waals surface area contributed by atoms with Gasteiger partial charge in [0.1, 0.15) is 0 Å². The molecule has 0 spiro atoms. The summed E-state index contributed by atoms with van der Waals surface area (Å²) in [6.45, 7) is 17.4. The molecule has 0 heterocycles. The van der Waals surface area contributed by atoms with E-state index in [1.54, 1.807) is 0 Å². The Morgan fingerprint density at radius 3 is 1.56 bits per heavy atom. The number of hydrogen-bond acceptors (Lipinski definition) is 1. The fraction of sp³-hybridized carbons (Fsp3) is 1.00. The third-order valence-corrected chi connectivity index (χ3v) is 10.4. The average molecular weight is 273 g/mol. The van der Waals surface area contributed by atoms with Gasteiger partial charge in [-0.15, -0.1) is 0 Å². The zero-order chi connectivity index (χ0) is 14.2. The van der Waals surface area contributed by atoms with Crippen molar-refractivity contribution in [3.63, 3.8) is 0 Å². The van der Waals surface area contributed by atoms with E-state index >= 15 is 0 Å². The molecule has 110 valence electrons. The van der Waals surface area contributed by atoms with Gasteiger partial charge >= 0.3 is 0 Å². The van der Waals surface area contributed by atoms with Crippen molar-refractivity contribution in [1.82, 2.24) is 0 Å². The van der Waals surface area contributed by atoms with Crippen molar-refractivity contribution in [3.8, 4) is 0 Å². The molecule has 1 nitrogen and oxygen atoms in total. The lowest BCUT2D eigenvalue weighted by Crippen LogP contribution is -2.47. The molecule has 0 rings (SSSR count). The maximum absolute atomic E-state index is 6.53. The molecule has 0 saturated heterocycles. The predicted molar refractivity (Wildman–Crippen MR) is 85.8 cm³/mol. The first-order valence-corrected chi connectivity index (χ1v) is 10.2. The fourth-order valence-electron chi connectivity index (χ4n) is 3.45. The van der Waals surface area contributed by atoms with Gasteiger partial charge in [-0.05, 0) is 23.0 Å². The van der Waals surface area contributed by atoms with Crippen LogP contribution < -0.4 is 0 Å². The zero-order valence-electron chi connectivity index (χ0n) is 13.9. The van der Waals surface area contributed by atoms with Gasteiger partial charge in [0.05, 0.1) is 0 Å². The summed E-state index contributed by atoms with van der Waals surface area (Å²) in [5.41, 5.74) is 2.15. The Hall–Kier alpha value is 0.177. The summed E-state index contributed by atoms with van der Waals surface area (Å²) in [7, 11) is -1.60. The van der Waals surface area contributed by atoms with Crippen LogP contribution in [-0.2, 0) is 4.43 Å². The van der Waals surface area contributed by atoms with Gasteiger partial charge in [-0.25, -0.2) is 0 Å². The molecular formula is C16H36OSi. The molecule has 0 saturated carbocycles. The SMILES string of the molecule is CCCCCCCO[Si](C(C)C)(C(C)C)C(C)C. The standard InChI is InChI=1S/C16H36OSi/c1-8-9-10-11-12-13-17-18(14(2)3,15(4)5)16(6)7/h14-16H,8-13H2,1-7H3. The molecule has 0 atom stereocenters. The lowest BCUT2D eigenvalue weighted by molar-refractivity contribution is 0.267. The van der Waals surface area contributed by atoms with E-state index in [9.17, 15) is 0 Å². The third kappa shape index (κ3) is 5.04. The molecular weight excluding hydrogens is 236 g/mol.